The Bertz CT molecular complexity index is 362. The summed E-state index contributed by atoms with van der Waals surface area (Å²) in [7, 11) is 0. The molecule has 1 aliphatic rings. The van der Waals surface area contributed by atoms with Gasteiger partial charge in [0.2, 0.25) is 0 Å². The van der Waals surface area contributed by atoms with Crippen molar-refractivity contribution in [1.29, 1.82) is 0 Å². The average Bonchev–Trinajstić information content (AvgIpc) is 2.70. The average molecular weight is 290 g/mol. The number of rotatable bonds is 1. The molecule has 0 spiro atoms. The van der Waals surface area contributed by atoms with E-state index < -0.39 is 4.33 Å². The Morgan fingerprint density at radius 1 is 1.07 bits per heavy atom. The molecule has 14 heavy (non-hydrogen) atoms. The first-order chi connectivity index (χ1) is 6.42. The van der Waals surface area contributed by atoms with Gasteiger partial charge in [-0.2, -0.15) is 0 Å². The second kappa shape index (κ2) is 3.61. The summed E-state index contributed by atoms with van der Waals surface area (Å²) in [5.41, 5.74) is 0.939. The zero-order valence-electron chi connectivity index (χ0n) is 6.83. The van der Waals surface area contributed by atoms with Crippen LogP contribution in [0.25, 0.3) is 0 Å². The highest BCUT2D eigenvalue weighted by molar-refractivity contribution is 6.51. The van der Waals surface area contributed by atoms with Crippen molar-refractivity contribution < 1.29 is 0 Å². The number of alkyl halides is 2. The van der Waals surface area contributed by atoms with Crippen LogP contribution in [0.2, 0.25) is 15.1 Å². The Kier molecular flexibility index (Phi) is 2.88. The van der Waals surface area contributed by atoms with Crippen molar-refractivity contribution in [2.75, 3.05) is 0 Å². The topological polar surface area (TPSA) is 0 Å². The SMILES string of the molecule is Clc1cc(C2CC2(Cl)Cl)cc(Cl)c1Cl. The van der Waals surface area contributed by atoms with Gasteiger partial charge < -0.3 is 0 Å². The van der Waals surface area contributed by atoms with Gasteiger partial charge in [-0.25, -0.2) is 0 Å². The van der Waals surface area contributed by atoms with E-state index >= 15 is 0 Å². The maximum Gasteiger partial charge on any atom is 0.125 e. The molecule has 0 radical (unpaired) electrons. The Labute approximate surface area is 107 Å². The molecule has 0 bridgehead atoms. The molecule has 0 aromatic heterocycles. The second-order valence-corrected chi connectivity index (χ2v) is 6.05. The number of benzene rings is 1. The lowest BCUT2D eigenvalue weighted by Gasteiger charge is -2.05. The lowest BCUT2D eigenvalue weighted by Crippen LogP contribution is -1.90. The fourth-order valence-corrected chi connectivity index (χ4v) is 2.52. The molecule has 1 unspecified atom stereocenters. The van der Waals surface area contributed by atoms with Gasteiger partial charge in [0.05, 0.1) is 15.1 Å². The molecule has 1 atom stereocenters. The molecule has 0 aliphatic heterocycles. The van der Waals surface area contributed by atoms with Crippen molar-refractivity contribution in [2.45, 2.75) is 16.7 Å². The molecule has 5 heteroatoms. The fraction of sp³-hybridized carbons (Fsp3) is 0.333. The molecule has 0 nitrogen and oxygen atoms in total. The van der Waals surface area contributed by atoms with Crippen LogP contribution in [0.5, 0.6) is 0 Å². The summed E-state index contributed by atoms with van der Waals surface area (Å²) in [6, 6.07) is 3.51. The molecule has 0 heterocycles. The molecule has 0 N–H and O–H groups in total. The molecule has 1 saturated carbocycles. The predicted molar refractivity (Wildman–Crippen MR) is 63.3 cm³/mol. The first-order valence-electron chi connectivity index (χ1n) is 3.94. The summed E-state index contributed by atoms with van der Waals surface area (Å²) in [6.07, 6.45) is 0.727. The van der Waals surface area contributed by atoms with E-state index in [1.54, 1.807) is 12.1 Å². The van der Waals surface area contributed by atoms with Crippen molar-refractivity contribution in [3.05, 3.63) is 32.8 Å². The van der Waals surface area contributed by atoms with Crippen molar-refractivity contribution in [1.82, 2.24) is 0 Å². The zero-order valence-corrected chi connectivity index (χ0v) is 10.6. The molecular formula is C9H5Cl5. The van der Waals surface area contributed by atoms with Gasteiger partial charge in [0.25, 0.3) is 0 Å². The predicted octanol–water partition coefficient (Wildman–Crippen LogP) is 5.31. The molecule has 0 saturated heterocycles. The van der Waals surface area contributed by atoms with Crippen molar-refractivity contribution in [2.24, 2.45) is 0 Å². The van der Waals surface area contributed by atoms with E-state index in [9.17, 15) is 0 Å². The van der Waals surface area contributed by atoms with E-state index in [4.69, 9.17) is 58.0 Å². The number of halogens is 5. The quantitative estimate of drug-likeness (QED) is 0.486. The van der Waals surface area contributed by atoms with Gasteiger partial charge in [-0.15, -0.1) is 23.2 Å². The third-order valence-electron chi connectivity index (χ3n) is 2.23. The van der Waals surface area contributed by atoms with Gasteiger partial charge in [0.1, 0.15) is 4.33 Å². The number of hydrogen-bond donors (Lipinski definition) is 0. The van der Waals surface area contributed by atoms with Gasteiger partial charge in [0, 0.05) is 5.92 Å². The van der Waals surface area contributed by atoms with Crippen LogP contribution in [-0.2, 0) is 0 Å². The van der Waals surface area contributed by atoms with E-state index in [1.165, 1.54) is 0 Å². The first kappa shape index (κ1) is 11.2. The Hall–Kier alpha value is 0.670. The molecule has 1 fully saturated rings. The van der Waals surface area contributed by atoms with Crippen LogP contribution in [0.15, 0.2) is 12.1 Å². The molecule has 2 rings (SSSR count). The van der Waals surface area contributed by atoms with Crippen LogP contribution in [0.4, 0.5) is 0 Å². The zero-order chi connectivity index (χ0) is 10.5. The van der Waals surface area contributed by atoms with Crippen LogP contribution >= 0.6 is 58.0 Å². The van der Waals surface area contributed by atoms with Gasteiger partial charge in [-0.3, -0.25) is 0 Å². The van der Waals surface area contributed by atoms with Gasteiger partial charge in [0.15, 0.2) is 0 Å². The highest BCUT2D eigenvalue weighted by Crippen LogP contribution is 2.60. The van der Waals surface area contributed by atoms with E-state index in [1.807, 2.05) is 0 Å². The molecule has 1 aromatic rings. The summed E-state index contributed by atoms with van der Waals surface area (Å²) in [6.45, 7) is 0. The van der Waals surface area contributed by atoms with E-state index in [0.29, 0.717) is 15.1 Å². The monoisotopic (exact) mass is 288 g/mol. The Morgan fingerprint density at radius 3 is 1.86 bits per heavy atom. The van der Waals surface area contributed by atoms with Crippen LogP contribution < -0.4 is 0 Å². The maximum atomic E-state index is 5.93. The molecule has 0 amide bonds. The highest BCUT2D eigenvalue weighted by Gasteiger charge is 2.52. The standard InChI is InChI=1S/C9H5Cl5/c10-6-1-4(2-7(11)8(6)12)5-3-9(5,13)14/h1-2,5H,3H2. The first-order valence-corrected chi connectivity index (χ1v) is 5.83. The molecule has 76 valence electrons. The van der Waals surface area contributed by atoms with E-state index in [-0.39, 0.29) is 5.92 Å². The van der Waals surface area contributed by atoms with Gasteiger partial charge in [-0.1, -0.05) is 34.8 Å². The maximum absolute atomic E-state index is 5.93. The van der Waals surface area contributed by atoms with E-state index in [0.717, 1.165) is 12.0 Å². The largest absolute Gasteiger partial charge is 0.125 e. The lowest BCUT2D eigenvalue weighted by atomic mass is 10.1. The minimum absolute atomic E-state index is 0.109. The summed E-state index contributed by atoms with van der Waals surface area (Å²) in [4.78, 5) is 0. The van der Waals surface area contributed by atoms with E-state index in [2.05, 4.69) is 0 Å². The van der Waals surface area contributed by atoms with Crippen LogP contribution in [-0.4, -0.2) is 4.33 Å². The highest BCUT2D eigenvalue weighted by atomic mass is 35.5. The minimum Gasteiger partial charge on any atom is -0.101 e. The van der Waals surface area contributed by atoms with Crippen LogP contribution in [0, 0.1) is 0 Å². The summed E-state index contributed by atoms with van der Waals surface area (Å²) in [5, 5.41) is 1.24. The third kappa shape index (κ3) is 1.96. The van der Waals surface area contributed by atoms with Crippen LogP contribution in [0.3, 0.4) is 0 Å². The van der Waals surface area contributed by atoms with Crippen molar-refractivity contribution in [3.63, 3.8) is 0 Å². The third-order valence-corrected chi connectivity index (χ3v) is 4.27. The van der Waals surface area contributed by atoms with Crippen molar-refractivity contribution >= 4 is 58.0 Å². The normalized spacial score (nSPS) is 23.6. The minimum atomic E-state index is -0.666. The van der Waals surface area contributed by atoms with Gasteiger partial charge >= 0.3 is 0 Å². The fourth-order valence-electron chi connectivity index (χ4n) is 1.35. The number of hydrogen-bond acceptors (Lipinski definition) is 0. The van der Waals surface area contributed by atoms with Crippen molar-refractivity contribution in [3.8, 4) is 0 Å². The van der Waals surface area contributed by atoms with Gasteiger partial charge in [-0.05, 0) is 24.1 Å². The summed E-state index contributed by atoms with van der Waals surface area (Å²) >= 11 is 29.4. The summed E-state index contributed by atoms with van der Waals surface area (Å²) in [5.74, 6) is 0.109. The Balaban J connectivity index is 2.38. The summed E-state index contributed by atoms with van der Waals surface area (Å²) < 4.78 is -0.666. The molecular weight excluding hydrogens is 285 g/mol. The lowest BCUT2D eigenvalue weighted by molar-refractivity contribution is 1.11. The van der Waals surface area contributed by atoms with Crippen LogP contribution in [0.1, 0.15) is 17.9 Å². The Morgan fingerprint density at radius 2 is 1.50 bits per heavy atom. The smallest absolute Gasteiger partial charge is 0.101 e. The molecule has 1 aromatic carbocycles. The molecule has 1 aliphatic carbocycles. The second-order valence-electron chi connectivity index (χ2n) is 3.32.